The second-order valence-electron chi connectivity index (χ2n) is 5.49. The summed E-state index contributed by atoms with van der Waals surface area (Å²) in [6, 6.07) is 7.42. The van der Waals surface area contributed by atoms with Crippen LogP contribution in [0.4, 0.5) is 0 Å². The molecular weight excluding hydrogens is 208 g/mol. The zero-order valence-corrected chi connectivity index (χ0v) is 10.9. The first kappa shape index (κ1) is 10.8. The fraction of sp³-hybridized carbons (Fsp3) is 0.467. The van der Waals surface area contributed by atoms with Crippen LogP contribution in [0.3, 0.4) is 0 Å². The van der Waals surface area contributed by atoms with E-state index in [0.717, 1.165) is 0 Å². The maximum Gasteiger partial charge on any atom is 0.0459 e. The SMILES string of the molecule is Cc1ccc2[nH]c3c(c2c1)CC(N(C)C)CC3. The van der Waals surface area contributed by atoms with Gasteiger partial charge in [0, 0.05) is 22.6 Å². The molecule has 1 N–H and O–H groups in total. The fourth-order valence-electron chi connectivity index (χ4n) is 2.95. The van der Waals surface area contributed by atoms with E-state index in [4.69, 9.17) is 0 Å². The minimum Gasteiger partial charge on any atom is -0.358 e. The Bertz CT molecular complexity index is 551. The van der Waals surface area contributed by atoms with E-state index in [1.807, 2.05) is 0 Å². The third-order valence-electron chi connectivity index (χ3n) is 4.05. The van der Waals surface area contributed by atoms with Crippen molar-refractivity contribution in [2.45, 2.75) is 32.2 Å². The minimum absolute atomic E-state index is 0.696. The van der Waals surface area contributed by atoms with Crippen molar-refractivity contribution in [1.82, 2.24) is 9.88 Å². The Labute approximate surface area is 103 Å². The molecule has 0 saturated heterocycles. The van der Waals surface area contributed by atoms with Gasteiger partial charge in [0.25, 0.3) is 0 Å². The number of nitrogens with one attached hydrogen (secondary N) is 1. The number of benzene rings is 1. The highest BCUT2D eigenvalue weighted by molar-refractivity contribution is 5.85. The quantitative estimate of drug-likeness (QED) is 0.795. The molecule has 3 rings (SSSR count). The van der Waals surface area contributed by atoms with E-state index in [1.165, 1.54) is 41.4 Å². The molecule has 90 valence electrons. The van der Waals surface area contributed by atoms with Crippen LogP contribution in [0.2, 0.25) is 0 Å². The lowest BCUT2D eigenvalue weighted by atomic mass is 9.90. The summed E-state index contributed by atoms with van der Waals surface area (Å²) in [4.78, 5) is 5.94. The van der Waals surface area contributed by atoms with Crippen LogP contribution in [-0.2, 0) is 12.8 Å². The van der Waals surface area contributed by atoms with Crippen LogP contribution >= 0.6 is 0 Å². The second kappa shape index (κ2) is 3.88. The number of likely N-dealkylation sites (N-methyl/N-ethyl adjacent to an activating group) is 1. The van der Waals surface area contributed by atoms with Gasteiger partial charge in [-0.15, -0.1) is 0 Å². The number of fused-ring (bicyclic) bond motifs is 3. The van der Waals surface area contributed by atoms with Crippen molar-refractivity contribution >= 4 is 10.9 Å². The van der Waals surface area contributed by atoms with Crippen molar-refractivity contribution in [3.63, 3.8) is 0 Å². The zero-order chi connectivity index (χ0) is 12.0. The Morgan fingerprint density at radius 2 is 2.12 bits per heavy atom. The van der Waals surface area contributed by atoms with Gasteiger partial charge in [0.2, 0.25) is 0 Å². The second-order valence-corrected chi connectivity index (χ2v) is 5.49. The first-order chi connectivity index (χ1) is 8.15. The van der Waals surface area contributed by atoms with E-state index >= 15 is 0 Å². The van der Waals surface area contributed by atoms with E-state index in [0.29, 0.717) is 6.04 Å². The molecule has 2 heteroatoms. The highest BCUT2D eigenvalue weighted by Gasteiger charge is 2.23. The van der Waals surface area contributed by atoms with Gasteiger partial charge >= 0.3 is 0 Å². The standard InChI is InChI=1S/C15H20N2/c1-10-4-6-14-12(8-10)13-9-11(17(2)3)5-7-15(13)16-14/h4,6,8,11,16H,5,7,9H2,1-3H3. The number of hydrogen-bond donors (Lipinski definition) is 1. The van der Waals surface area contributed by atoms with E-state index in [-0.39, 0.29) is 0 Å². The molecule has 0 amide bonds. The number of hydrogen-bond acceptors (Lipinski definition) is 1. The molecule has 0 bridgehead atoms. The van der Waals surface area contributed by atoms with Crippen molar-refractivity contribution in [3.8, 4) is 0 Å². The number of rotatable bonds is 1. The summed E-state index contributed by atoms with van der Waals surface area (Å²) < 4.78 is 0. The van der Waals surface area contributed by atoms with Crippen molar-refractivity contribution < 1.29 is 0 Å². The third-order valence-corrected chi connectivity index (χ3v) is 4.05. The lowest BCUT2D eigenvalue weighted by molar-refractivity contribution is 0.268. The van der Waals surface area contributed by atoms with Gasteiger partial charge in [-0.05, 0) is 58.0 Å². The number of H-pyrrole nitrogens is 1. The molecular formula is C15H20N2. The number of aromatic nitrogens is 1. The molecule has 0 fully saturated rings. The molecule has 0 spiro atoms. The molecule has 0 radical (unpaired) electrons. The van der Waals surface area contributed by atoms with Gasteiger partial charge in [-0.2, -0.15) is 0 Å². The Morgan fingerprint density at radius 3 is 2.88 bits per heavy atom. The van der Waals surface area contributed by atoms with Gasteiger partial charge < -0.3 is 9.88 Å². The van der Waals surface area contributed by atoms with Gasteiger partial charge in [0.1, 0.15) is 0 Å². The van der Waals surface area contributed by atoms with Gasteiger partial charge in [-0.3, -0.25) is 0 Å². The Kier molecular flexibility index (Phi) is 2.48. The van der Waals surface area contributed by atoms with Crippen molar-refractivity contribution in [1.29, 1.82) is 0 Å². The lowest BCUT2D eigenvalue weighted by Crippen LogP contribution is -2.33. The fourth-order valence-corrected chi connectivity index (χ4v) is 2.95. The zero-order valence-electron chi connectivity index (χ0n) is 10.9. The van der Waals surface area contributed by atoms with Crippen LogP contribution < -0.4 is 0 Å². The van der Waals surface area contributed by atoms with Crippen molar-refractivity contribution in [2.75, 3.05) is 14.1 Å². The Balaban J connectivity index is 2.10. The molecule has 1 heterocycles. The van der Waals surface area contributed by atoms with Crippen LogP contribution in [-0.4, -0.2) is 30.0 Å². The Hall–Kier alpha value is -1.28. The predicted octanol–water partition coefficient (Wildman–Crippen LogP) is 2.90. The molecule has 17 heavy (non-hydrogen) atoms. The van der Waals surface area contributed by atoms with Gasteiger partial charge in [0.15, 0.2) is 0 Å². The molecule has 1 aromatic heterocycles. The average molecular weight is 228 g/mol. The van der Waals surface area contributed by atoms with Gasteiger partial charge in [-0.25, -0.2) is 0 Å². The molecule has 0 saturated carbocycles. The summed E-state index contributed by atoms with van der Waals surface area (Å²) in [6.07, 6.45) is 3.64. The molecule has 1 aliphatic carbocycles. The largest absolute Gasteiger partial charge is 0.358 e. The summed E-state index contributed by atoms with van der Waals surface area (Å²) in [7, 11) is 4.38. The van der Waals surface area contributed by atoms with Crippen molar-refractivity contribution in [3.05, 3.63) is 35.0 Å². The summed E-state index contributed by atoms with van der Waals surface area (Å²) in [6.45, 7) is 2.17. The number of aromatic amines is 1. The molecule has 1 unspecified atom stereocenters. The molecule has 2 aromatic rings. The highest BCUT2D eigenvalue weighted by atomic mass is 15.1. The predicted molar refractivity (Wildman–Crippen MR) is 72.5 cm³/mol. The minimum atomic E-state index is 0.696. The Morgan fingerprint density at radius 1 is 1.29 bits per heavy atom. The maximum atomic E-state index is 3.58. The van der Waals surface area contributed by atoms with Gasteiger partial charge in [-0.1, -0.05) is 11.6 Å². The smallest absolute Gasteiger partial charge is 0.0459 e. The topological polar surface area (TPSA) is 19.0 Å². The van der Waals surface area contributed by atoms with E-state index in [1.54, 1.807) is 5.56 Å². The number of aryl methyl sites for hydroxylation is 2. The summed E-state index contributed by atoms with van der Waals surface area (Å²) in [5, 5.41) is 1.44. The number of nitrogens with zero attached hydrogens (tertiary/aromatic N) is 1. The summed E-state index contributed by atoms with van der Waals surface area (Å²) in [5.74, 6) is 0. The average Bonchev–Trinajstić information content (AvgIpc) is 2.66. The monoisotopic (exact) mass is 228 g/mol. The molecule has 1 aromatic carbocycles. The molecule has 1 atom stereocenters. The first-order valence-corrected chi connectivity index (χ1v) is 6.41. The van der Waals surface area contributed by atoms with Crippen LogP contribution in [0.1, 0.15) is 23.2 Å². The molecule has 2 nitrogen and oxygen atoms in total. The first-order valence-electron chi connectivity index (χ1n) is 6.41. The molecule has 1 aliphatic rings. The van der Waals surface area contributed by atoms with E-state index < -0.39 is 0 Å². The highest BCUT2D eigenvalue weighted by Crippen LogP contribution is 2.30. The maximum absolute atomic E-state index is 3.58. The van der Waals surface area contributed by atoms with E-state index in [2.05, 4.69) is 49.1 Å². The third kappa shape index (κ3) is 1.77. The summed E-state index contributed by atoms with van der Waals surface area (Å²) >= 11 is 0. The van der Waals surface area contributed by atoms with E-state index in [9.17, 15) is 0 Å². The van der Waals surface area contributed by atoms with Crippen molar-refractivity contribution in [2.24, 2.45) is 0 Å². The molecule has 0 aliphatic heterocycles. The van der Waals surface area contributed by atoms with Gasteiger partial charge in [0.05, 0.1) is 0 Å². The van der Waals surface area contributed by atoms with Crippen LogP contribution in [0.25, 0.3) is 10.9 Å². The lowest BCUT2D eigenvalue weighted by Gasteiger charge is -2.28. The van der Waals surface area contributed by atoms with Crippen LogP contribution in [0.5, 0.6) is 0 Å². The van der Waals surface area contributed by atoms with Crippen LogP contribution in [0, 0.1) is 6.92 Å². The van der Waals surface area contributed by atoms with Crippen LogP contribution in [0.15, 0.2) is 18.2 Å². The normalized spacial score (nSPS) is 19.9. The summed E-state index contributed by atoms with van der Waals surface area (Å²) in [5.41, 5.74) is 5.67.